The molecular weight excluding hydrogens is 306 g/mol. The largest absolute Gasteiger partial charge is 0.481 e. The van der Waals surface area contributed by atoms with Gasteiger partial charge in [-0.05, 0) is 49.6 Å². The third-order valence-corrected chi connectivity index (χ3v) is 3.41. The molecule has 0 aliphatic heterocycles. The molecule has 0 saturated heterocycles. The molecule has 1 N–H and O–H groups in total. The number of hydrogen-bond donors (Lipinski definition) is 1. The molecular formula is C19H21NO4. The Kier molecular flexibility index (Phi) is 5.95. The molecule has 5 nitrogen and oxygen atoms in total. The maximum atomic E-state index is 11.8. The molecule has 0 spiro atoms. The summed E-state index contributed by atoms with van der Waals surface area (Å²) in [5, 5.41) is 2.67. The van der Waals surface area contributed by atoms with Crippen molar-refractivity contribution < 1.29 is 19.1 Å². The Labute approximate surface area is 141 Å². The van der Waals surface area contributed by atoms with Gasteiger partial charge in [0.1, 0.15) is 5.75 Å². The first-order chi connectivity index (χ1) is 11.5. The lowest BCUT2D eigenvalue weighted by atomic mass is 10.1. The Hall–Kier alpha value is -2.82. The van der Waals surface area contributed by atoms with E-state index >= 15 is 0 Å². The molecule has 24 heavy (non-hydrogen) atoms. The number of aryl methyl sites for hydroxylation is 3. The number of esters is 1. The molecule has 0 radical (unpaired) electrons. The van der Waals surface area contributed by atoms with Crippen LogP contribution in [0.1, 0.15) is 16.7 Å². The molecule has 2 aromatic carbocycles. The van der Waals surface area contributed by atoms with Crippen LogP contribution in [0.25, 0.3) is 0 Å². The van der Waals surface area contributed by atoms with Gasteiger partial charge in [0.05, 0.1) is 0 Å². The van der Waals surface area contributed by atoms with E-state index < -0.39 is 5.97 Å². The smallest absolute Gasteiger partial charge is 0.344 e. The summed E-state index contributed by atoms with van der Waals surface area (Å²) in [5.74, 6) is -0.309. The van der Waals surface area contributed by atoms with E-state index in [0.717, 1.165) is 16.7 Å². The normalized spacial score (nSPS) is 10.1. The van der Waals surface area contributed by atoms with Gasteiger partial charge in [-0.25, -0.2) is 4.79 Å². The van der Waals surface area contributed by atoms with Crippen LogP contribution in [0.4, 0.5) is 5.69 Å². The first-order valence-electron chi connectivity index (χ1n) is 7.67. The topological polar surface area (TPSA) is 64.6 Å². The van der Waals surface area contributed by atoms with Gasteiger partial charge in [-0.2, -0.15) is 0 Å². The van der Waals surface area contributed by atoms with Crippen molar-refractivity contribution in [3.8, 4) is 5.75 Å². The van der Waals surface area contributed by atoms with Crippen LogP contribution in [0.15, 0.2) is 42.5 Å². The zero-order valence-corrected chi connectivity index (χ0v) is 14.1. The average Bonchev–Trinajstić information content (AvgIpc) is 2.52. The summed E-state index contributed by atoms with van der Waals surface area (Å²) in [6.45, 7) is 5.17. The van der Waals surface area contributed by atoms with Gasteiger partial charge in [0, 0.05) is 5.69 Å². The molecule has 0 atom stereocenters. The van der Waals surface area contributed by atoms with Gasteiger partial charge in [-0.15, -0.1) is 0 Å². The monoisotopic (exact) mass is 327 g/mol. The summed E-state index contributed by atoms with van der Waals surface area (Å²) < 4.78 is 10.4. The van der Waals surface area contributed by atoms with Gasteiger partial charge in [0.15, 0.2) is 13.2 Å². The molecule has 2 rings (SSSR count). The van der Waals surface area contributed by atoms with Crippen molar-refractivity contribution in [2.24, 2.45) is 0 Å². The Morgan fingerprint density at radius 2 is 1.62 bits per heavy atom. The minimum Gasteiger partial charge on any atom is -0.481 e. The Morgan fingerprint density at radius 3 is 2.29 bits per heavy atom. The Bertz CT molecular complexity index is 720. The zero-order chi connectivity index (χ0) is 17.5. The highest BCUT2D eigenvalue weighted by molar-refractivity contribution is 5.92. The number of ether oxygens (including phenoxy) is 2. The minimum absolute atomic E-state index is 0.233. The van der Waals surface area contributed by atoms with E-state index in [4.69, 9.17) is 9.47 Å². The summed E-state index contributed by atoms with van der Waals surface area (Å²) in [6.07, 6.45) is 0. The lowest BCUT2D eigenvalue weighted by Crippen LogP contribution is -2.23. The van der Waals surface area contributed by atoms with E-state index in [1.54, 1.807) is 6.07 Å². The first kappa shape index (κ1) is 17.5. The molecule has 1 amide bonds. The first-order valence-corrected chi connectivity index (χ1v) is 7.67. The van der Waals surface area contributed by atoms with Gasteiger partial charge >= 0.3 is 5.97 Å². The fourth-order valence-electron chi connectivity index (χ4n) is 2.27. The summed E-state index contributed by atoms with van der Waals surface area (Å²) in [7, 11) is 0. The van der Waals surface area contributed by atoms with Crippen LogP contribution >= 0.6 is 0 Å². The van der Waals surface area contributed by atoms with Gasteiger partial charge in [-0.1, -0.05) is 30.3 Å². The zero-order valence-electron chi connectivity index (χ0n) is 14.1. The third kappa shape index (κ3) is 5.12. The lowest BCUT2D eigenvalue weighted by Gasteiger charge is -2.11. The predicted molar refractivity (Wildman–Crippen MR) is 92.2 cm³/mol. The second-order valence-corrected chi connectivity index (χ2v) is 5.59. The van der Waals surface area contributed by atoms with E-state index in [2.05, 4.69) is 5.32 Å². The number of rotatable bonds is 6. The van der Waals surface area contributed by atoms with Crippen molar-refractivity contribution in [2.75, 3.05) is 18.5 Å². The number of amides is 1. The van der Waals surface area contributed by atoms with E-state index in [1.807, 2.05) is 57.2 Å². The van der Waals surface area contributed by atoms with Crippen LogP contribution in [0.3, 0.4) is 0 Å². The molecule has 0 heterocycles. The molecule has 126 valence electrons. The van der Waals surface area contributed by atoms with Crippen molar-refractivity contribution in [2.45, 2.75) is 20.8 Å². The fourth-order valence-corrected chi connectivity index (χ4v) is 2.27. The minimum atomic E-state index is -0.586. The highest BCUT2D eigenvalue weighted by Crippen LogP contribution is 2.22. The van der Waals surface area contributed by atoms with Crippen LogP contribution in [0.5, 0.6) is 5.75 Å². The molecule has 0 fully saturated rings. The van der Waals surface area contributed by atoms with Crippen molar-refractivity contribution in [1.29, 1.82) is 0 Å². The van der Waals surface area contributed by atoms with Crippen LogP contribution in [0.2, 0.25) is 0 Å². The number of carbonyl (C=O) groups excluding carboxylic acids is 2. The predicted octanol–water partition coefficient (Wildman–Crippen LogP) is 3.17. The van der Waals surface area contributed by atoms with Crippen molar-refractivity contribution in [3.05, 3.63) is 59.2 Å². The number of hydrogen-bond acceptors (Lipinski definition) is 4. The summed E-state index contributed by atoms with van der Waals surface area (Å²) in [6, 6.07) is 13.1. The summed E-state index contributed by atoms with van der Waals surface area (Å²) in [4.78, 5) is 23.5. The van der Waals surface area contributed by atoms with Gasteiger partial charge in [0.25, 0.3) is 5.91 Å². The second-order valence-electron chi connectivity index (χ2n) is 5.59. The van der Waals surface area contributed by atoms with Gasteiger partial charge in [-0.3, -0.25) is 4.79 Å². The number of carbonyl (C=O) groups is 2. The van der Waals surface area contributed by atoms with Gasteiger partial charge < -0.3 is 14.8 Å². The second kappa shape index (κ2) is 8.15. The molecule has 0 aliphatic carbocycles. The highest BCUT2D eigenvalue weighted by Gasteiger charge is 2.11. The number of benzene rings is 2. The lowest BCUT2D eigenvalue weighted by molar-refractivity contribution is -0.149. The summed E-state index contributed by atoms with van der Waals surface area (Å²) in [5.41, 5.74) is 3.59. The van der Waals surface area contributed by atoms with Gasteiger partial charge in [0.2, 0.25) is 0 Å². The molecule has 0 aromatic heterocycles. The molecule has 5 heteroatoms. The van der Waals surface area contributed by atoms with Crippen molar-refractivity contribution in [1.82, 2.24) is 0 Å². The maximum absolute atomic E-state index is 11.8. The Morgan fingerprint density at radius 1 is 0.958 bits per heavy atom. The van der Waals surface area contributed by atoms with Crippen LogP contribution < -0.4 is 10.1 Å². The molecule has 0 unspecified atom stereocenters. The van der Waals surface area contributed by atoms with Crippen LogP contribution in [-0.4, -0.2) is 25.1 Å². The number of anilines is 1. The van der Waals surface area contributed by atoms with Crippen molar-refractivity contribution >= 4 is 17.6 Å². The van der Waals surface area contributed by atoms with E-state index in [0.29, 0.717) is 11.4 Å². The molecule has 0 aliphatic rings. The molecule has 2 aromatic rings. The van der Waals surface area contributed by atoms with E-state index in [1.165, 1.54) is 0 Å². The average molecular weight is 327 g/mol. The number of para-hydroxylation sites is 1. The highest BCUT2D eigenvalue weighted by atomic mass is 16.6. The number of nitrogens with one attached hydrogen (secondary N) is 1. The quantitative estimate of drug-likeness (QED) is 0.828. The third-order valence-electron chi connectivity index (χ3n) is 3.41. The van der Waals surface area contributed by atoms with E-state index in [-0.39, 0.29) is 19.1 Å². The fraction of sp³-hybridized carbons (Fsp3) is 0.263. The van der Waals surface area contributed by atoms with E-state index in [9.17, 15) is 9.59 Å². The van der Waals surface area contributed by atoms with Crippen molar-refractivity contribution in [3.63, 3.8) is 0 Å². The Balaban J connectivity index is 1.78. The molecule has 0 bridgehead atoms. The SMILES string of the molecule is Cc1cccc(NC(=O)COC(=O)COc2c(C)cccc2C)c1. The molecule has 0 saturated carbocycles. The standard InChI is InChI=1S/C19H21NO4/c1-13-6-4-9-16(10-13)20-17(21)11-23-18(22)12-24-19-14(2)7-5-8-15(19)3/h4-10H,11-12H2,1-3H3,(H,20,21). The maximum Gasteiger partial charge on any atom is 0.344 e. The van der Waals surface area contributed by atoms with Crippen LogP contribution in [-0.2, 0) is 14.3 Å². The summed E-state index contributed by atoms with van der Waals surface area (Å²) >= 11 is 0. The van der Waals surface area contributed by atoms with Crippen LogP contribution in [0, 0.1) is 20.8 Å².